The van der Waals surface area contributed by atoms with Crippen molar-refractivity contribution >= 4 is 5.97 Å². The van der Waals surface area contributed by atoms with Gasteiger partial charge in [0.2, 0.25) is 0 Å². The third-order valence-corrected chi connectivity index (χ3v) is 3.67. The van der Waals surface area contributed by atoms with Crippen LogP contribution in [0.5, 0.6) is 0 Å². The van der Waals surface area contributed by atoms with Gasteiger partial charge in [-0.1, -0.05) is 24.3 Å². The van der Waals surface area contributed by atoms with Crippen LogP contribution in [0.25, 0.3) is 0 Å². The molecule has 0 radical (unpaired) electrons. The highest BCUT2D eigenvalue weighted by Gasteiger charge is 2.26. The molecular weight excluding hydrogens is 240 g/mol. The average Bonchev–Trinajstić information content (AvgIpc) is 2.82. The number of nitrogens with zero attached hydrogens (tertiary/aromatic N) is 2. The fraction of sp³-hybridized carbons (Fsp3) is 0.267. The van der Waals surface area contributed by atoms with Gasteiger partial charge in [0.05, 0.1) is 11.3 Å². The SMILES string of the molecule is Cc1nc(C2CCc3ccccc32)ncc1C(=O)O. The molecule has 0 saturated heterocycles. The van der Waals surface area contributed by atoms with Gasteiger partial charge in [0.25, 0.3) is 0 Å². The Bertz CT molecular complexity index is 652. The summed E-state index contributed by atoms with van der Waals surface area (Å²) in [5, 5.41) is 9.00. The average molecular weight is 254 g/mol. The minimum atomic E-state index is -0.976. The predicted octanol–water partition coefficient (Wildman–Crippen LogP) is 2.56. The molecule has 4 heteroatoms. The lowest BCUT2D eigenvalue weighted by molar-refractivity contribution is 0.0695. The van der Waals surface area contributed by atoms with Gasteiger partial charge in [0.1, 0.15) is 5.82 Å². The first-order valence-electron chi connectivity index (χ1n) is 6.31. The van der Waals surface area contributed by atoms with Gasteiger partial charge in [-0.25, -0.2) is 14.8 Å². The molecule has 1 atom stereocenters. The fourth-order valence-electron chi connectivity index (χ4n) is 2.69. The van der Waals surface area contributed by atoms with Gasteiger partial charge in [-0.05, 0) is 30.9 Å². The van der Waals surface area contributed by atoms with E-state index in [0.717, 1.165) is 18.7 Å². The van der Waals surface area contributed by atoms with Gasteiger partial charge in [-0.15, -0.1) is 0 Å². The first-order chi connectivity index (χ1) is 9.16. The van der Waals surface area contributed by atoms with Crippen LogP contribution < -0.4 is 0 Å². The zero-order valence-electron chi connectivity index (χ0n) is 10.6. The van der Waals surface area contributed by atoms with E-state index in [1.165, 1.54) is 17.3 Å². The van der Waals surface area contributed by atoms with Crippen molar-refractivity contribution in [2.45, 2.75) is 25.7 Å². The summed E-state index contributed by atoms with van der Waals surface area (Å²) >= 11 is 0. The Morgan fingerprint density at radius 3 is 2.89 bits per heavy atom. The Morgan fingerprint density at radius 1 is 1.37 bits per heavy atom. The van der Waals surface area contributed by atoms with Crippen LogP contribution in [0.4, 0.5) is 0 Å². The number of rotatable bonds is 2. The molecule has 1 aromatic heterocycles. The van der Waals surface area contributed by atoms with Crippen LogP contribution in [-0.4, -0.2) is 21.0 Å². The highest BCUT2D eigenvalue weighted by atomic mass is 16.4. The van der Waals surface area contributed by atoms with Gasteiger partial charge in [0, 0.05) is 12.1 Å². The van der Waals surface area contributed by atoms with Crippen molar-refractivity contribution < 1.29 is 9.90 Å². The lowest BCUT2D eigenvalue weighted by Gasteiger charge is -2.11. The lowest BCUT2D eigenvalue weighted by Crippen LogP contribution is -2.09. The van der Waals surface area contributed by atoms with E-state index in [1.54, 1.807) is 6.92 Å². The molecule has 0 spiro atoms. The smallest absolute Gasteiger partial charge is 0.339 e. The molecule has 1 aliphatic carbocycles. The molecule has 1 N–H and O–H groups in total. The molecule has 0 fully saturated rings. The van der Waals surface area contributed by atoms with Crippen molar-refractivity contribution in [3.8, 4) is 0 Å². The quantitative estimate of drug-likeness (QED) is 0.894. The number of hydrogen-bond donors (Lipinski definition) is 1. The van der Waals surface area contributed by atoms with Gasteiger partial charge < -0.3 is 5.11 Å². The van der Waals surface area contributed by atoms with Crippen LogP contribution in [0, 0.1) is 6.92 Å². The van der Waals surface area contributed by atoms with Crippen molar-refractivity contribution in [2.75, 3.05) is 0 Å². The normalized spacial score (nSPS) is 17.2. The third kappa shape index (κ3) is 1.99. The van der Waals surface area contributed by atoms with Gasteiger partial charge >= 0.3 is 5.97 Å². The highest BCUT2D eigenvalue weighted by Crippen LogP contribution is 2.36. The Balaban J connectivity index is 2.01. The Hall–Kier alpha value is -2.23. The molecule has 3 rings (SSSR count). The molecule has 1 heterocycles. The second kappa shape index (κ2) is 4.46. The largest absolute Gasteiger partial charge is 0.478 e. The summed E-state index contributed by atoms with van der Waals surface area (Å²) in [6.07, 6.45) is 3.44. The molecule has 0 saturated carbocycles. The van der Waals surface area contributed by atoms with Crippen LogP contribution in [-0.2, 0) is 6.42 Å². The first kappa shape index (κ1) is 11.8. The summed E-state index contributed by atoms with van der Waals surface area (Å²) in [7, 11) is 0. The Kier molecular flexibility index (Phi) is 2.78. The van der Waals surface area contributed by atoms with Crippen molar-refractivity contribution in [2.24, 2.45) is 0 Å². The molecule has 0 amide bonds. The number of aryl methyl sites for hydroxylation is 2. The van der Waals surface area contributed by atoms with E-state index in [1.807, 2.05) is 12.1 Å². The summed E-state index contributed by atoms with van der Waals surface area (Å²) in [5.74, 6) is -0.0546. The fourth-order valence-corrected chi connectivity index (χ4v) is 2.69. The van der Waals surface area contributed by atoms with E-state index < -0.39 is 5.97 Å². The number of hydrogen-bond acceptors (Lipinski definition) is 3. The molecule has 1 aromatic carbocycles. The predicted molar refractivity (Wildman–Crippen MR) is 70.3 cm³/mol. The van der Waals surface area contributed by atoms with E-state index in [-0.39, 0.29) is 11.5 Å². The molecule has 19 heavy (non-hydrogen) atoms. The second-order valence-electron chi connectivity index (χ2n) is 4.82. The monoisotopic (exact) mass is 254 g/mol. The summed E-state index contributed by atoms with van der Waals surface area (Å²) in [6, 6.07) is 8.31. The van der Waals surface area contributed by atoms with Crippen LogP contribution in [0.2, 0.25) is 0 Å². The summed E-state index contributed by atoms with van der Waals surface area (Å²) < 4.78 is 0. The zero-order valence-corrected chi connectivity index (χ0v) is 10.6. The number of carboxylic acids is 1. The van der Waals surface area contributed by atoms with Crippen LogP contribution in [0.15, 0.2) is 30.5 Å². The van der Waals surface area contributed by atoms with Crippen molar-refractivity contribution in [3.05, 3.63) is 58.7 Å². The molecular formula is C15H14N2O2. The minimum Gasteiger partial charge on any atom is -0.478 e. The number of benzene rings is 1. The molecule has 0 aliphatic heterocycles. The van der Waals surface area contributed by atoms with E-state index in [4.69, 9.17) is 5.11 Å². The van der Waals surface area contributed by atoms with Gasteiger partial charge in [0.15, 0.2) is 0 Å². The maximum Gasteiger partial charge on any atom is 0.339 e. The van der Waals surface area contributed by atoms with Crippen LogP contribution >= 0.6 is 0 Å². The molecule has 1 aliphatic rings. The second-order valence-corrected chi connectivity index (χ2v) is 4.82. The molecule has 4 nitrogen and oxygen atoms in total. The first-order valence-corrected chi connectivity index (χ1v) is 6.31. The summed E-state index contributed by atoms with van der Waals surface area (Å²) in [5.41, 5.74) is 3.32. The molecule has 1 unspecified atom stereocenters. The van der Waals surface area contributed by atoms with Crippen molar-refractivity contribution in [1.29, 1.82) is 0 Å². The summed E-state index contributed by atoms with van der Waals surface area (Å²) in [4.78, 5) is 19.6. The minimum absolute atomic E-state index is 0.176. The molecule has 0 bridgehead atoms. The maximum absolute atomic E-state index is 11.0. The lowest BCUT2D eigenvalue weighted by atomic mass is 10.0. The van der Waals surface area contributed by atoms with Crippen molar-refractivity contribution in [3.63, 3.8) is 0 Å². The third-order valence-electron chi connectivity index (χ3n) is 3.67. The maximum atomic E-state index is 11.0. The topological polar surface area (TPSA) is 63.1 Å². The van der Waals surface area contributed by atoms with E-state index in [2.05, 4.69) is 22.1 Å². The highest BCUT2D eigenvalue weighted by molar-refractivity contribution is 5.88. The van der Waals surface area contributed by atoms with Crippen LogP contribution in [0.3, 0.4) is 0 Å². The van der Waals surface area contributed by atoms with E-state index >= 15 is 0 Å². The van der Waals surface area contributed by atoms with Crippen LogP contribution in [0.1, 0.15) is 45.3 Å². The zero-order chi connectivity index (χ0) is 13.4. The Labute approximate surface area is 111 Å². The summed E-state index contributed by atoms with van der Waals surface area (Å²) in [6.45, 7) is 1.72. The Morgan fingerprint density at radius 2 is 2.16 bits per heavy atom. The van der Waals surface area contributed by atoms with E-state index in [9.17, 15) is 4.79 Å². The molecule has 96 valence electrons. The van der Waals surface area contributed by atoms with Gasteiger partial charge in [-0.2, -0.15) is 0 Å². The number of fused-ring (bicyclic) bond motifs is 1. The number of aromatic carboxylic acids is 1. The van der Waals surface area contributed by atoms with E-state index in [0.29, 0.717) is 5.69 Å². The number of aromatic nitrogens is 2. The number of carbonyl (C=O) groups is 1. The standard InChI is InChI=1S/C15H14N2O2/c1-9-13(15(18)19)8-16-14(17-9)12-7-6-10-4-2-3-5-11(10)12/h2-5,8,12H,6-7H2,1H3,(H,18,19). The number of carboxylic acid groups (broad SMARTS) is 1. The molecule has 2 aromatic rings. The van der Waals surface area contributed by atoms with Gasteiger partial charge in [-0.3, -0.25) is 0 Å². The van der Waals surface area contributed by atoms with Crippen molar-refractivity contribution in [1.82, 2.24) is 9.97 Å².